The number of nitrogen functional groups attached to an aromatic ring is 1. The molecule has 4 heteroatoms. The molecule has 2 N–H and O–H groups in total. The summed E-state index contributed by atoms with van der Waals surface area (Å²) in [7, 11) is 0. The molecule has 15 heavy (non-hydrogen) atoms. The van der Waals surface area contributed by atoms with Crippen LogP contribution in [0.5, 0.6) is 0 Å². The summed E-state index contributed by atoms with van der Waals surface area (Å²) in [6.45, 7) is 0.467. The number of hydrogen-bond donors (Lipinski definition) is 1. The summed E-state index contributed by atoms with van der Waals surface area (Å²) in [5.74, 6) is 0.702. The van der Waals surface area contributed by atoms with Gasteiger partial charge >= 0.3 is 5.97 Å². The fourth-order valence-electron chi connectivity index (χ4n) is 1.12. The number of carbonyl (C=O) groups is 1. The molecule has 0 aliphatic carbocycles. The molecule has 0 atom stereocenters. The molecule has 0 aromatic heterocycles. The minimum Gasteiger partial charge on any atom is -0.462 e. The highest BCUT2D eigenvalue weighted by atomic mass is 32.2. The number of nitrogens with two attached hydrogens (primary N) is 1. The number of thioether (sulfide) groups is 1. The topological polar surface area (TPSA) is 52.3 Å². The van der Waals surface area contributed by atoms with Crippen molar-refractivity contribution in [2.45, 2.75) is 6.42 Å². The van der Waals surface area contributed by atoms with Crippen LogP contribution in [0, 0.1) is 0 Å². The molecule has 1 aromatic carbocycles. The van der Waals surface area contributed by atoms with Gasteiger partial charge in [-0.2, -0.15) is 11.8 Å². The van der Waals surface area contributed by atoms with Crippen molar-refractivity contribution >= 4 is 23.4 Å². The molecule has 0 aliphatic rings. The van der Waals surface area contributed by atoms with Gasteiger partial charge in [0.2, 0.25) is 0 Å². The Kier molecular flexibility index (Phi) is 5.04. The van der Waals surface area contributed by atoms with Gasteiger partial charge in [0.05, 0.1) is 12.2 Å². The van der Waals surface area contributed by atoms with Gasteiger partial charge in [0.25, 0.3) is 0 Å². The molecule has 1 rings (SSSR count). The number of benzene rings is 1. The van der Waals surface area contributed by atoms with Crippen LogP contribution in [0.4, 0.5) is 5.69 Å². The molecule has 82 valence electrons. The third kappa shape index (κ3) is 4.25. The van der Waals surface area contributed by atoms with E-state index in [1.54, 1.807) is 36.0 Å². The molecular formula is C11H15NO2S. The van der Waals surface area contributed by atoms with Crippen molar-refractivity contribution in [2.75, 3.05) is 24.3 Å². The molecule has 0 saturated heterocycles. The van der Waals surface area contributed by atoms with Crippen LogP contribution in [0.3, 0.4) is 0 Å². The molecule has 0 aliphatic heterocycles. The largest absolute Gasteiger partial charge is 0.462 e. The van der Waals surface area contributed by atoms with Crippen LogP contribution < -0.4 is 5.73 Å². The van der Waals surface area contributed by atoms with E-state index in [1.807, 2.05) is 6.26 Å². The molecule has 0 unspecified atom stereocenters. The maximum Gasteiger partial charge on any atom is 0.338 e. The molecule has 0 bridgehead atoms. The average molecular weight is 225 g/mol. The second kappa shape index (κ2) is 6.35. The zero-order valence-corrected chi connectivity index (χ0v) is 9.55. The number of rotatable bonds is 5. The van der Waals surface area contributed by atoms with Gasteiger partial charge < -0.3 is 10.5 Å². The molecule has 0 saturated carbocycles. The fraction of sp³-hybridized carbons (Fsp3) is 0.364. The summed E-state index contributed by atoms with van der Waals surface area (Å²) in [6.07, 6.45) is 2.91. The van der Waals surface area contributed by atoms with Crippen molar-refractivity contribution in [1.82, 2.24) is 0 Å². The van der Waals surface area contributed by atoms with E-state index < -0.39 is 0 Å². The summed E-state index contributed by atoms with van der Waals surface area (Å²) >= 11 is 1.74. The molecule has 0 spiro atoms. The van der Waals surface area contributed by atoms with Crippen LogP contribution in [0.1, 0.15) is 16.8 Å². The number of ether oxygens (including phenoxy) is 1. The first-order valence-electron chi connectivity index (χ1n) is 4.75. The van der Waals surface area contributed by atoms with Crippen LogP contribution >= 0.6 is 11.8 Å². The van der Waals surface area contributed by atoms with Gasteiger partial charge in [0.1, 0.15) is 0 Å². The molecule has 0 amide bonds. The van der Waals surface area contributed by atoms with Crippen molar-refractivity contribution in [2.24, 2.45) is 0 Å². The zero-order chi connectivity index (χ0) is 11.1. The Bertz CT molecular complexity index is 328. The third-order valence-corrected chi connectivity index (χ3v) is 2.55. The first kappa shape index (κ1) is 11.9. The van der Waals surface area contributed by atoms with Crippen molar-refractivity contribution < 1.29 is 9.53 Å². The van der Waals surface area contributed by atoms with Crippen LogP contribution in [0.2, 0.25) is 0 Å². The lowest BCUT2D eigenvalue weighted by atomic mass is 10.2. The van der Waals surface area contributed by atoms with Gasteiger partial charge in [-0.05, 0) is 36.6 Å². The molecule has 0 radical (unpaired) electrons. The second-order valence-electron chi connectivity index (χ2n) is 3.11. The number of hydrogen-bond acceptors (Lipinski definition) is 4. The van der Waals surface area contributed by atoms with Gasteiger partial charge in [-0.25, -0.2) is 4.79 Å². The summed E-state index contributed by atoms with van der Waals surface area (Å²) < 4.78 is 5.08. The SMILES string of the molecule is CSCCCOC(=O)c1cccc(N)c1. The number of carbonyl (C=O) groups excluding carboxylic acids is 1. The Morgan fingerprint density at radius 1 is 1.53 bits per heavy atom. The van der Waals surface area contributed by atoms with E-state index in [0.717, 1.165) is 12.2 Å². The third-order valence-electron chi connectivity index (χ3n) is 1.85. The van der Waals surface area contributed by atoms with E-state index in [4.69, 9.17) is 10.5 Å². The quantitative estimate of drug-likeness (QED) is 0.474. The highest BCUT2D eigenvalue weighted by molar-refractivity contribution is 7.98. The van der Waals surface area contributed by atoms with Crippen molar-refractivity contribution in [3.05, 3.63) is 29.8 Å². The predicted molar refractivity (Wildman–Crippen MR) is 64.1 cm³/mol. The maximum absolute atomic E-state index is 11.5. The first-order chi connectivity index (χ1) is 7.24. The lowest BCUT2D eigenvalue weighted by molar-refractivity contribution is 0.0506. The highest BCUT2D eigenvalue weighted by Gasteiger charge is 2.06. The zero-order valence-electron chi connectivity index (χ0n) is 8.73. The highest BCUT2D eigenvalue weighted by Crippen LogP contribution is 2.08. The lowest BCUT2D eigenvalue weighted by Gasteiger charge is -2.04. The van der Waals surface area contributed by atoms with E-state index in [2.05, 4.69) is 0 Å². The normalized spacial score (nSPS) is 9.93. The van der Waals surface area contributed by atoms with E-state index in [9.17, 15) is 4.79 Å². The molecule has 0 heterocycles. The van der Waals surface area contributed by atoms with E-state index in [-0.39, 0.29) is 5.97 Å². The Morgan fingerprint density at radius 3 is 3.00 bits per heavy atom. The second-order valence-corrected chi connectivity index (χ2v) is 4.09. The van der Waals surface area contributed by atoms with Gasteiger partial charge in [0, 0.05) is 5.69 Å². The summed E-state index contributed by atoms with van der Waals surface area (Å²) in [4.78, 5) is 11.5. The van der Waals surface area contributed by atoms with Crippen LogP contribution in [-0.4, -0.2) is 24.6 Å². The minimum atomic E-state index is -0.302. The van der Waals surface area contributed by atoms with Crippen LogP contribution in [-0.2, 0) is 4.74 Å². The number of anilines is 1. The van der Waals surface area contributed by atoms with Crippen molar-refractivity contribution in [3.63, 3.8) is 0 Å². The predicted octanol–water partition coefficient (Wildman–Crippen LogP) is 2.18. The van der Waals surface area contributed by atoms with Gasteiger partial charge in [-0.1, -0.05) is 6.07 Å². The summed E-state index contributed by atoms with van der Waals surface area (Å²) in [5.41, 5.74) is 6.65. The van der Waals surface area contributed by atoms with Crippen LogP contribution in [0.15, 0.2) is 24.3 Å². The van der Waals surface area contributed by atoms with Crippen molar-refractivity contribution in [3.8, 4) is 0 Å². The van der Waals surface area contributed by atoms with Gasteiger partial charge in [-0.3, -0.25) is 0 Å². The molecule has 3 nitrogen and oxygen atoms in total. The fourth-order valence-corrected chi connectivity index (χ4v) is 1.52. The molecular weight excluding hydrogens is 210 g/mol. The Balaban J connectivity index is 2.40. The standard InChI is InChI=1S/C11H15NO2S/c1-15-7-3-6-14-11(13)9-4-2-5-10(12)8-9/h2,4-5,8H,3,6-7,12H2,1H3. The summed E-state index contributed by atoms with van der Waals surface area (Å²) in [6, 6.07) is 6.81. The van der Waals surface area contributed by atoms with Gasteiger partial charge in [-0.15, -0.1) is 0 Å². The average Bonchev–Trinajstić information content (AvgIpc) is 2.24. The van der Waals surface area contributed by atoms with Crippen LogP contribution in [0.25, 0.3) is 0 Å². The van der Waals surface area contributed by atoms with Crippen molar-refractivity contribution in [1.29, 1.82) is 0 Å². The van der Waals surface area contributed by atoms with Gasteiger partial charge in [0.15, 0.2) is 0 Å². The minimum absolute atomic E-state index is 0.302. The Labute approximate surface area is 94.0 Å². The van der Waals surface area contributed by atoms with E-state index in [0.29, 0.717) is 17.9 Å². The van der Waals surface area contributed by atoms with E-state index >= 15 is 0 Å². The maximum atomic E-state index is 11.5. The lowest BCUT2D eigenvalue weighted by Crippen LogP contribution is -2.07. The molecule has 1 aromatic rings. The smallest absolute Gasteiger partial charge is 0.338 e. The molecule has 0 fully saturated rings. The monoisotopic (exact) mass is 225 g/mol. The summed E-state index contributed by atoms with van der Waals surface area (Å²) in [5, 5.41) is 0. The van der Waals surface area contributed by atoms with E-state index in [1.165, 1.54) is 0 Å². The first-order valence-corrected chi connectivity index (χ1v) is 6.15. The number of esters is 1. The Morgan fingerprint density at radius 2 is 2.33 bits per heavy atom. The Hall–Kier alpha value is -1.16.